The monoisotopic (exact) mass is 322 g/mol. The van der Waals surface area contributed by atoms with Gasteiger partial charge in [0.1, 0.15) is 0 Å². The molecule has 1 heterocycles. The Morgan fingerprint density at radius 1 is 1.12 bits per heavy atom. The molecule has 3 rings (SSSR count). The first kappa shape index (κ1) is 16.2. The van der Waals surface area contributed by atoms with Gasteiger partial charge in [0, 0.05) is 25.2 Å². The average molecular weight is 322 g/mol. The molecule has 2 aromatic carbocycles. The lowest BCUT2D eigenvalue weighted by Crippen LogP contribution is -2.28. The van der Waals surface area contributed by atoms with Crippen LogP contribution in [0.3, 0.4) is 0 Å². The molecule has 1 fully saturated rings. The van der Waals surface area contributed by atoms with Crippen LogP contribution in [0.5, 0.6) is 0 Å². The molecule has 2 aromatic rings. The van der Waals surface area contributed by atoms with E-state index in [1.807, 2.05) is 62.4 Å². The zero-order valence-corrected chi connectivity index (χ0v) is 14.1. The molecule has 0 aliphatic carbocycles. The van der Waals surface area contributed by atoms with E-state index in [-0.39, 0.29) is 24.2 Å². The Labute approximate surface area is 142 Å². The van der Waals surface area contributed by atoms with Gasteiger partial charge in [-0.15, -0.1) is 0 Å². The maximum absolute atomic E-state index is 12.5. The highest BCUT2D eigenvalue weighted by Crippen LogP contribution is 2.23. The lowest BCUT2D eigenvalue weighted by Gasteiger charge is -2.17. The SMILES string of the molecule is Cc1ccc(CN2C[C@@H](C(=O)Nc3ccccc3C)CC2=O)cc1. The molecule has 1 atom stereocenters. The number of carbonyl (C=O) groups is 2. The highest BCUT2D eigenvalue weighted by Gasteiger charge is 2.34. The summed E-state index contributed by atoms with van der Waals surface area (Å²) in [6, 6.07) is 15.8. The fourth-order valence-corrected chi connectivity index (χ4v) is 2.96. The van der Waals surface area contributed by atoms with Crippen LogP contribution in [0, 0.1) is 19.8 Å². The van der Waals surface area contributed by atoms with Gasteiger partial charge in [0.05, 0.1) is 5.92 Å². The maximum Gasteiger partial charge on any atom is 0.229 e. The van der Waals surface area contributed by atoms with Crippen LogP contribution < -0.4 is 5.32 Å². The van der Waals surface area contributed by atoms with Gasteiger partial charge in [-0.05, 0) is 31.0 Å². The van der Waals surface area contributed by atoms with Crippen molar-refractivity contribution in [3.63, 3.8) is 0 Å². The predicted octanol–water partition coefficient (Wildman–Crippen LogP) is 3.29. The fraction of sp³-hybridized carbons (Fsp3) is 0.300. The van der Waals surface area contributed by atoms with Crippen LogP contribution in [-0.2, 0) is 16.1 Å². The molecular weight excluding hydrogens is 300 g/mol. The third kappa shape index (κ3) is 3.65. The summed E-state index contributed by atoms with van der Waals surface area (Å²) < 4.78 is 0. The lowest BCUT2D eigenvalue weighted by atomic mass is 10.1. The highest BCUT2D eigenvalue weighted by atomic mass is 16.2. The minimum Gasteiger partial charge on any atom is -0.338 e. The summed E-state index contributed by atoms with van der Waals surface area (Å²) >= 11 is 0. The van der Waals surface area contributed by atoms with E-state index < -0.39 is 0 Å². The van der Waals surface area contributed by atoms with E-state index in [0.717, 1.165) is 16.8 Å². The van der Waals surface area contributed by atoms with Crippen LogP contribution in [0.4, 0.5) is 5.69 Å². The van der Waals surface area contributed by atoms with E-state index in [9.17, 15) is 9.59 Å². The predicted molar refractivity (Wildman–Crippen MR) is 94.5 cm³/mol. The van der Waals surface area contributed by atoms with Crippen molar-refractivity contribution in [1.82, 2.24) is 4.90 Å². The van der Waals surface area contributed by atoms with Gasteiger partial charge in [0.25, 0.3) is 0 Å². The molecule has 24 heavy (non-hydrogen) atoms. The van der Waals surface area contributed by atoms with Crippen LogP contribution in [0.15, 0.2) is 48.5 Å². The van der Waals surface area contributed by atoms with Gasteiger partial charge in [-0.3, -0.25) is 9.59 Å². The van der Waals surface area contributed by atoms with Gasteiger partial charge in [0.15, 0.2) is 0 Å². The molecule has 1 aliphatic heterocycles. The summed E-state index contributed by atoms with van der Waals surface area (Å²) in [5, 5.41) is 2.95. The Balaban J connectivity index is 1.62. The molecule has 4 nitrogen and oxygen atoms in total. The van der Waals surface area contributed by atoms with Crippen LogP contribution in [-0.4, -0.2) is 23.3 Å². The second-order valence-electron chi connectivity index (χ2n) is 6.47. The Morgan fingerprint density at radius 2 is 1.83 bits per heavy atom. The standard InChI is InChI=1S/C20H22N2O2/c1-14-7-9-16(10-8-14)12-22-13-17(11-19(22)23)20(24)21-18-6-4-3-5-15(18)2/h3-10,17H,11-13H2,1-2H3,(H,21,24)/t17-/m0/s1. The molecule has 0 radical (unpaired) electrons. The van der Waals surface area contributed by atoms with E-state index in [0.29, 0.717) is 13.1 Å². The molecular formula is C20H22N2O2. The number of likely N-dealkylation sites (tertiary alicyclic amines) is 1. The van der Waals surface area contributed by atoms with Crippen molar-refractivity contribution in [2.45, 2.75) is 26.8 Å². The van der Waals surface area contributed by atoms with E-state index in [1.165, 1.54) is 5.56 Å². The number of aryl methyl sites for hydroxylation is 2. The number of para-hydroxylation sites is 1. The summed E-state index contributed by atoms with van der Waals surface area (Å²) in [6.07, 6.45) is 0.281. The number of anilines is 1. The summed E-state index contributed by atoms with van der Waals surface area (Å²) in [7, 11) is 0. The number of hydrogen-bond donors (Lipinski definition) is 1. The Bertz CT molecular complexity index is 752. The van der Waals surface area contributed by atoms with Gasteiger partial charge >= 0.3 is 0 Å². The molecule has 1 N–H and O–H groups in total. The number of nitrogens with zero attached hydrogens (tertiary/aromatic N) is 1. The van der Waals surface area contributed by atoms with Crippen molar-refractivity contribution in [2.75, 3.05) is 11.9 Å². The van der Waals surface area contributed by atoms with Crippen molar-refractivity contribution in [3.8, 4) is 0 Å². The molecule has 1 aliphatic rings. The molecule has 0 unspecified atom stereocenters. The minimum absolute atomic E-state index is 0.0421. The quantitative estimate of drug-likeness (QED) is 0.939. The second kappa shape index (κ2) is 6.87. The molecule has 4 heteroatoms. The zero-order chi connectivity index (χ0) is 17.1. The fourth-order valence-electron chi connectivity index (χ4n) is 2.96. The maximum atomic E-state index is 12.5. The normalized spacial score (nSPS) is 17.2. The molecule has 2 amide bonds. The Kier molecular flexibility index (Phi) is 4.65. The number of nitrogens with one attached hydrogen (secondary N) is 1. The number of hydrogen-bond acceptors (Lipinski definition) is 2. The molecule has 124 valence electrons. The smallest absolute Gasteiger partial charge is 0.229 e. The van der Waals surface area contributed by atoms with Gasteiger partial charge in [-0.1, -0.05) is 48.0 Å². The lowest BCUT2D eigenvalue weighted by molar-refractivity contribution is -0.128. The second-order valence-corrected chi connectivity index (χ2v) is 6.47. The number of benzene rings is 2. The van der Waals surface area contributed by atoms with E-state index in [4.69, 9.17) is 0 Å². The first-order valence-electron chi connectivity index (χ1n) is 8.23. The molecule has 0 bridgehead atoms. The van der Waals surface area contributed by atoms with E-state index in [1.54, 1.807) is 4.90 Å². The molecule has 0 saturated carbocycles. The number of carbonyl (C=O) groups excluding carboxylic acids is 2. The summed E-state index contributed by atoms with van der Waals surface area (Å²) in [5.41, 5.74) is 4.12. The topological polar surface area (TPSA) is 49.4 Å². The van der Waals surface area contributed by atoms with Crippen molar-refractivity contribution in [2.24, 2.45) is 5.92 Å². The van der Waals surface area contributed by atoms with Crippen LogP contribution >= 0.6 is 0 Å². The number of rotatable bonds is 4. The third-order valence-electron chi connectivity index (χ3n) is 4.48. The first-order chi connectivity index (χ1) is 11.5. The highest BCUT2D eigenvalue weighted by molar-refractivity contribution is 5.97. The minimum atomic E-state index is -0.289. The van der Waals surface area contributed by atoms with Crippen LogP contribution in [0.2, 0.25) is 0 Å². The summed E-state index contributed by atoms with van der Waals surface area (Å²) in [6.45, 7) is 5.04. The zero-order valence-electron chi connectivity index (χ0n) is 14.1. The third-order valence-corrected chi connectivity index (χ3v) is 4.48. The summed E-state index contributed by atoms with van der Waals surface area (Å²) in [5.74, 6) is -0.327. The summed E-state index contributed by atoms with van der Waals surface area (Å²) in [4.78, 5) is 26.5. The largest absolute Gasteiger partial charge is 0.338 e. The van der Waals surface area contributed by atoms with E-state index in [2.05, 4.69) is 5.32 Å². The van der Waals surface area contributed by atoms with E-state index >= 15 is 0 Å². The van der Waals surface area contributed by atoms with Crippen LogP contribution in [0.1, 0.15) is 23.1 Å². The van der Waals surface area contributed by atoms with Gasteiger partial charge in [0.2, 0.25) is 11.8 Å². The van der Waals surface area contributed by atoms with Crippen molar-refractivity contribution in [1.29, 1.82) is 0 Å². The van der Waals surface area contributed by atoms with Crippen molar-refractivity contribution >= 4 is 17.5 Å². The number of amides is 2. The van der Waals surface area contributed by atoms with Gasteiger partial charge in [-0.2, -0.15) is 0 Å². The Morgan fingerprint density at radius 3 is 2.54 bits per heavy atom. The molecule has 0 aromatic heterocycles. The molecule has 1 saturated heterocycles. The molecule has 0 spiro atoms. The first-order valence-corrected chi connectivity index (χ1v) is 8.23. The van der Waals surface area contributed by atoms with Gasteiger partial charge < -0.3 is 10.2 Å². The van der Waals surface area contributed by atoms with Crippen molar-refractivity contribution < 1.29 is 9.59 Å². The van der Waals surface area contributed by atoms with Crippen molar-refractivity contribution in [3.05, 3.63) is 65.2 Å². The van der Waals surface area contributed by atoms with Crippen LogP contribution in [0.25, 0.3) is 0 Å². The Hall–Kier alpha value is -2.62. The van der Waals surface area contributed by atoms with Gasteiger partial charge in [-0.25, -0.2) is 0 Å². The average Bonchev–Trinajstić information content (AvgIpc) is 2.93.